The SMILES string of the molecule is Nc1ncccc1CCCCl. The average molecular weight is 171 g/mol. The van der Waals surface area contributed by atoms with Gasteiger partial charge in [-0.3, -0.25) is 0 Å². The number of aryl methyl sites for hydroxylation is 1. The Morgan fingerprint density at radius 1 is 1.55 bits per heavy atom. The van der Waals surface area contributed by atoms with Crippen LogP contribution in [0.2, 0.25) is 0 Å². The van der Waals surface area contributed by atoms with Gasteiger partial charge in [-0.2, -0.15) is 0 Å². The van der Waals surface area contributed by atoms with E-state index in [9.17, 15) is 0 Å². The second-order valence-corrected chi connectivity index (χ2v) is 2.72. The van der Waals surface area contributed by atoms with Gasteiger partial charge in [0.1, 0.15) is 5.82 Å². The minimum Gasteiger partial charge on any atom is -0.383 e. The molecule has 0 amide bonds. The van der Waals surface area contributed by atoms with Gasteiger partial charge in [-0.1, -0.05) is 6.07 Å². The molecule has 1 aromatic heterocycles. The number of nitrogens with two attached hydrogens (primary N) is 1. The summed E-state index contributed by atoms with van der Waals surface area (Å²) < 4.78 is 0. The molecule has 0 radical (unpaired) electrons. The quantitative estimate of drug-likeness (QED) is 0.704. The molecule has 2 nitrogen and oxygen atoms in total. The Morgan fingerprint density at radius 3 is 3.00 bits per heavy atom. The van der Waals surface area contributed by atoms with Crippen molar-refractivity contribution in [3.63, 3.8) is 0 Å². The van der Waals surface area contributed by atoms with Crippen molar-refractivity contribution in [1.82, 2.24) is 4.98 Å². The summed E-state index contributed by atoms with van der Waals surface area (Å²) in [5, 5.41) is 0. The number of nitrogen functional groups attached to an aromatic ring is 1. The minimum atomic E-state index is 0.623. The van der Waals surface area contributed by atoms with Crippen LogP contribution >= 0.6 is 11.6 Å². The first-order valence-electron chi connectivity index (χ1n) is 3.60. The molecule has 11 heavy (non-hydrogen) atoms. The van der Waals surface area contributed by atoms with Gasteiger partial charge >= 0.3 is 0 Å². The van der Waals surface area contributed by atoms with E-state index < -0.39 is 0 Å². The first-order valence-corrected chi connectivity index (χ1v) is 4.13. The zero-order valence-electron chi connectivity index (χ0n) is 6.26. The molecule has 0 atom stereocenters. The number of rotatable bonds is 3. The van der Waals surface area contributed by atoms with E-state index in [-0.39, 0.29) is 0 Å². The fourth-order valence-corrected chi connectivity index (χ4v) is 1.05. The van der Waals surface area contributed by atoms with E-state index in [1.807, 2.05) is 12.1 Å². The molecule has 0 saturated heterocycles. The van der Waals surface area contributed by atoms with Crippen molar-refractivity contribution >= 4 is 17.4 Å². The van der Waals surface area contributed by atoms with Crippen molar-refractivity contribution in [2.24, 2.45) is 0 Å². The van der Waals surface area contributed by atoms with Gasteiger partial charge in [-0.25, -0.2) is 4.98 Å². The number of pyridine rings is 1. The number of aromatic nitrogens is 1. The van der Waals surface area contributed by atoms with Crippen molar-refractivity contribution in [1.29, 1.82) is 0 Å². The molecular weight excluding hydrogens is 160 g/mol. The van der Waals surface area contributed by atoms with Crippen LogP contribution in [-0.2, 0) is 6.42 Å². The highest BCUT2D eigenvalue weighted by atomic mass is 35.5. The number of hydrogen-bond acceptors (Lipinski definition) is 2. The summed E-state index contributed by atoms with van der Waals surface area (Å²) in [6.45, 7) is 0. The first-order chi connectivity index (χ1) is 5.34. The highest BCUT2D eigenvalue weighted by Crippen LogP contribution is 2.09. The lowest BCUT2D eigenvalue weighted by Crippen LogP contribution is -1.97. The molecule has 0 aliphatic heterocycles. The molecule has 1 aromatic rings. The molecule has 3 heteroatoms. The maximum absolute atomic E-state index is 5.61. The fourth-order valence-electron chi connectivity index (χ4n) is 0.919. The van der Waals surface area contributed by atoms with E-state index in [0.29, 0.717) is 11.7 Å². The van der Waals surface area contributed by atoms with E-state index >= 15 is 0 Å². The zero-order valence-corrected chi connectivity index (χ0v) is 7.01. The van der Waals surface area contributed by atoms with Crippen LogP contribution in [0.5, 0.6) is 0 Å². The number of nitrogens with zero attached hydrogens (tertiary/aromatic N) is 1. The van der Waals surface area contributed by atoms with Gasteiger partial charge in [0.25, 0.3) is 0 Å². The second-order valence-electron chi connectivity index (χ2n) is 2.34. The zero-order chi connectivity index (χ0) is 8.10. The molecule has 1 heterocycles. The van der Waals surface area contributed by atoms with Crippen LogP contribution in [0, 0.1) is 0 Å². The van der Waals surface area contributed by atoms with Crippen LogP contribution in [0.3, 0.4) is 0 Å². The molecule has 0 aliphatic carbocycles. The van der Waals surface area contributed by atoms with Crippen LogP contribution in [-0.4, -0.2) is 10.9 Å². The number of halogens is 1. The molecule has 0 aliphatic rings. The maximum atomic E-state index is 5.61. The van der Waals surface area contributed by atoms with Gasteiger partial charge in [0.15, 0.2) is 0 Å². The maximum Gasteiger partial charge on any atom is 0.126 e. The predicted octanol–water partition coefficient (Wildman–Crippen LogP) is 1.84. The molecule has 60 valence electrons. The Balaban J connectivity index is 2.62. The standard InChI is InChI=1S/C8H11ClN2/c9-5-1-3-7-4-2-6-11-8(7)10/h2,4,6H,1,3,5H2,(H2,10,11). The summed E-state index contributed by atoms with van der Waals surface area (Å²) in [5.74, 6) is 1.30. The summed E-state index contributed by atoms with van der Waals surface area (Å²) >= 11 is 5.54. The molecule has 0 fully saturated rings. The van der Waals surface area contributed by atoms with Gasteiger partial charge in [-0.05, 0) is 24.5 Å². The summed E-state index contributed by atoms with van der Waals surface area (Å²) in [6, 6.07) is 3.87. The third-order valence-corrected chi connectivity index (χ3v) is 1.77. The Kier molecular flexibility index (Phi) is 3.17. The van der Waals surface area contributed by atoms with Crippen LogP contribution in [0.15, 0.2) is 18.3 Å². The van der Waals surface area contributed by atoms with Crippen LogP contribution < -0.4 is 5.73 Å². The van der Waals surface area contributed by atoms with Crippen LogP contribution in [0.4, 0.5) is 5.82 Å². The van der Waals surface area contributed by atoms with Crippen molar-refractivity contribution in [3.8, 4) is 0 Å². The molecular formula is C8H11ClN2. The van der Waals surface area contributed by atoms with Gasteiger partial charge in [-0.15, -0.1) is 11.6 Å². The third-order valence-electron chi connectivity index (χ3n) is 1.51. The van der Waals surface area contributed by atoms with Crippen LogP contribution in [0.1, 0.15) is 12.0 Å². The van der Waals surface area contributed by atoms with Gasteiger partial charge in [0, 0.05) is 12.1 Å². The summed E-state index contributed by atoms with van der Waals surface area (Å²) in [6.07, 6.45) is 3.57. The molecule has 0 spiro atoms. The Hall–Kier alpha value is -0.760. The largest absolute Gasteiger partial charge is 0.383 e. The van der Waals surface area contributed by atoms with Crippen molar-refractivity contribution in [2.75, 3.05) is 11.6 Å². The molecule has 0 aromatic carbocycles. The summed E-state index contributed by atoms with van der Waals surface area (Å²) in [4.78, 5) is 3.97. The lowest BCUT2D eigenvalue weighted by molar-refractivity contribution is 0.924. The van der Waals surface area contributed by atoms with Crippen molar-refractivity contribution in [3.05, 3.63) is 23.9 Å². The summed E-state index contributed by atoms with van der Waals surface area (Å²) in [5.41, 5.74) is 6.70. The van der Waals surface area contributed by atoms with E-state index in [2.05, 4.69) is 4.98 Å². The fraction of sp³-hybridized carbons (Fsp3) is 0.375. The van der Waals surface area contributed by atoms with Crippen LogP contribution in [0.25, 0.3) is 0 Å². The predicted molar refractivity (Wildman–Crippen MR) is 47.7 cm³/mol. The lowest BCUT2D eigenvalue weighted by atomic mass is 10.1. The average Bonchev–Trinajstić information content (AvgIpc) is 2.03. The monoisotopic (exact) mass is 170 g/mol. The molecule has 1 rings (SSSR count). The molecule has 0 bridgehead atoms. The normalized spacial score (nSPS) is 9.91. The third kappa shape index (κ3) is 2.39. The molecule has 0 saturated carbocycles. The molecule has 2 N–H and O–H groups in total. The Labute approximate surface area is 71.4 Å². The van der Waals surface area contributed by atoms with E-state index in [0.717, 1.165) is 18.4 Å². The topological polar surface area (TPSA) is 38.9 Å². The number of hydrogen-bond donors (Lipinski definition) is 1. The van der Waals surface area contributed by atoms with Gasteiger partial charge in [0.2, 0.25) is 0 Å². The second kappa shape index (κ2) is 4.19. The Morgan fingerprint density at radius 2 is 2.36 bits per heavy atom. The highest BCUT2D eigenvalue weighted by Gasteiger charge is 1.96. The smallest absolute Gasteiger partial charge is 0.126 e. The Bertz CT molecular complexity index is 225. The highest BCUT2D eigenvalue weighted by molar-refractivity contribution is 6.17. The minimum absolute atomic E-state index is 0.623. The van der Waals surface area contributed by atoms with E-state index in [1.54, 1.807) is 6.20 Å². The van der Waals surface area contributed by atoms with Gasteiger partial charge < -0.3 is 5.73 Å². The first kappa shape index (κ1) is 8.34. The number of alkyl halides is 1. The molecule has 0 unspecified atom stereocenters. The van der Waals surface area contributed by atoms with E-state index in [1.165, 1.54) is 0 Å². The summed E-state index contributed by atoms with van der Waals surface area (Å²) in [7, 11) is 0. The van der Waals surface area contributed by atoms with E-state index in [4.69, 9.17) is 17.3 Å². The number of anilines is 1. The van der Waals surface area contributed by atoms with Gasteiger partial charge in [0.05, 0.1) is 0 Å². The lowest BCUT2D eigenvalue weighted by Gasteiger charge is -2.00. The van der Waals surface area contributed by atoms with Crippen molar-refractivity contribution in [2.45, 2.75) is 12.8 Å². The van der Waals surface area contributed by atoms with Crippen molar-refractivity contribution < 1.29 is 0 Å².